The molecule has 4 aromatic rings. The summed E-state index contributed by atoms with van der Waals surface area (Å²) in [5.74, 6) is -2.46. The van der Waals surface area contributed by atoms with Gasteiger partial charge in [-0.25, -0.2) is 23.6 Å². The zero-order valence-corrected chi connectivity index (χ0v) is 36.3. The standard InChI is InChI=1S/C45H56FN9O9/c1-5-53-25-32(41(58)59)38(56)31-22-33(46)37(23-36(31)53)54-18-20-55(21-19-54)44(62)64-27-29-13-15-30(16-14-29)51-40(57)35(12-9-17-49-42(48)60)50-24-34(47)39(45(2,3)4)52-43(61)63-26-28-10-7-6-8-11-28/h6-8,10-11,13-16,22-25,35,39,50H,5,9,12,17-21,26-27,47H2,1-4H3,(H,51,57)(H,52,61)(H,58,59)(H3,48,49,60)/b34-24-/t35-,39+/m0/s1. The first-order chi connectivity index (χ1) is 30.4. The summed E-state index contributed by atoms with van der Waals surface area (Å²) in [6.45, 7) is 9.14. The average molecular weight is 886 g/mol. The number of urea groups is 1. The SMILES string of the molecule is CCn1cc(C(=O)O)c(=O)c2cc(F)c(N3CCN(C(=O)OCc4ccc(NC(=O)[C@H](CCCNC(N)=O)N/C=C(\N)[C@@H](NC(=O)OCc5ccccc5)C(C)(C)C)cc4)CC3)cc21. The van der Waals surface area contributed by atoms with Crippen molar-refractivity contribution in [2.45, 2.75) is 72.4 Å². The highest BCUT2D eigenvalue weighted by molar-refractivity contribution is 5.95. The topological polar surface area (TPSA) is 253 Å². The number of alkyl carbamates (subject to hydrolysis) is 1. The maximum Gasteiger partial charge on any atom is 0.410 e. The molecule has 342 valence electrons. The van der Waals surface area contributed by atoms with Crippen LogP contribution in [-0.2, 0) is 34.0 Å². The molecule has 0 aliphatic carbocycles. The number of hydrogen-bond donors (Lipinski definition) is 7. The minimum atomic E-state index is -1.39. The Morgan fingerprint density at radius 1 is 0.922 bits per heavy atom. The summed E-state index contributed by atoms with van der Waals surface area (Å²) in [5, 5.41) is 20.7. The minimum absolute atomic E-state index is 0.0252. The van der Waals surface area contributed by atoms with E-state index in [0.717, 1.165) is 11.6 Å². The molecular formula is C45H56FN9O9. The molecule has 9 N–H and O–H groups in total. The number of nitrogens with two attached hydrogens (primary N) is 2. The smallest absolute Gasteiger partial charge is 0.410 e. The Kier molecular flexibility index (Phi) is 16.2. The second-order valence-electron chi connectivity index (χ2n) is 16.3. The van der Waals surface area contributed by atoms with Crippen LogP contribution in [0.2, 0.25) is 0 Å². The molecule has 2 heterocycles. The van der Waals surface area contributed by atoms with Crippen molar-refractivity contribution in [3.8, 4) is 0 Å². The molecule has 1 aromatic heterocycles. The number of primary amides is 1. The first-order valence-corrected chi connectivity index (χ1v) is 20.8. The summed E-state index contributed by atoms with van der Waals surface area (Å²) in [7, 11) is 0. The van der Waals surface area contributed by atoms with Gasteiger partial charge < -0.3 is 61.7 Å². The van der Waals surface area contributed by atoms with Crippen LogP contribution in [0.3, 0.4) is 0 Å². The van der Waals surface area contributed by atoms with Crippen LogP contribution < -0.4 is 43.1 Å². The van der Waals surface area contributed by atoms with Crippen molar-refractivity contribution in [3.05, 3.63) is 118 Å². The van der Waals surface area contributed by atoms with Gasteiger partial charge in [0.2, 0.25) is 11.3 Å². The molecule has 1 saturated heterocycles. The molecule has 1 aliphatic rings. The van der Waals surface area contributed by atoms with Crippen LogP contribution in [-0.4, -0.2) is 89.5 Å². The number of fused-ring (bicyclic) bond motifs is 1. The number of nitrogens with zero attached hydrogens (tertiary/aromatic N) is 3. The number of nitrogens with one attached hydrogen (secondary N) is 4. The second kappa shape index (κ2) is 21.7. The number of pyridine rings is 1. The quantitative estimate of drug-likeness (QED) is 0.0707. The maximum absolute atomic E-state index is 15.4. The van der Waals surface area contributed by atoms with Crippen LogP contribution in [0.4, 0.5) is 30.1 Å². The molecule has 19 heteroatoms. The number of hydrogen-bond acceptors (Lipinski definition) is 11. The van der Waals surface area contributed by atoms with Crippen LogP contribution in [0.5, 0.6) is 0 Å². The molecule has 0 spiro atoms. The van der Waals surface area contributed by atoms with Gasteiger partial charge in [-0.1, -0.05) is 63.2 Å². The Hall–Kier alpha value is -7.31. The number of carboxylic acids is 1. The van der Waals surface area contributed by atoms with E-state index in [2.05, 4.69) is 21.3 Å². The molecule has 1 fully saturated rings. The number of amides is 5. The van der Waals surface area contributed by atoms with E-state index in [1.807, 2.05) is 51.1 Å². The average Bonchev–Trinajstić information content (AvgIpc) is 3.26. The first kappa shape index (κ1) is 47.7. The van der Waals surface area contributed by atoms with Gasteiger partial charge in [0.25, 0.3) is 0 Å². The van der Waals surface area contributed by atoms with Crippen molar-refractivity contribution in [1.29, 1.82) is 0 Å². The van der Waals surface area contributed by atoms with Crippen LogP contribution in [0, 0.1) is 11.2 Å². The zero-order chi connectivity index (χ0) is 46.6. The van der Waals surface area contributed by atoms with Crippen molar-refractivity contribution < 1.29 is 42.9 Å². The van der Waals surface area contributed by atoms with Crippen molar-refractivity contribution in [2.75, 3.05) is 42.9 Å². The zero-order valence-electron chi connectivity index (χ0n) is 36.3. The van der Waals surface area contributed by atoms with Gasteiger partial charge in [-0.05, 0) is 60.6 Å². The summed E-state index contributed by atoms with van der Waals surface area (Å²) in [5.41, 5.74) is 12.8. The van der Waals surface area contributed by atoms with E-state index in [9.17, 15) is 33.9 Å². The summed E-state index contributed by atoms with van der Waals surface area (Å²) in [6, 6.07) is 16.4. The molecule has 2 atom stereocenters. The molecule has 3 aromatic carbocycles. The Labute approximate surface area is 369 Å². The molecule has 0 radical (unpaired) electrons. The van der Waals surface area contributed by atoms with Gasteiger partial charge in [-0.15, -0.1) is 0 Å². The van der Waals surface area contributed by atoms with E-state index in [-0.39, 0.29) is 69.1 Å². The fourth-order valence-electron chi connectivity index (χ4n) is 7.11. The highest BCUT2D eigenvalue weighted by Gasteiger charge is 2.30. The highest BCUT2D eigenvalue weighted by atomic mass is 19.1. The molecule has 18 nitrogen and oxygen atoms in total. The van der Waals surface area contributed by atoms with Crippen molar-refractivity contribution in [1.82, 2.24) is 25.4 Å². The number of piperazine rings is 1. The van der Waals surface area contributed by atoms with Crippen molar-refractivity contribution in [3.63, 3.8) is 0 Å². The number of aryl methyl sites for hydroxylation is 1. The molecule has 5 amide bonds. The summed E-state index contributed by atoms with van der Waals surface area (Å²) < 4.78 is 27.9. The Morgan fingerprint density at radius 2 is 1.58 bits per heavy atom. The molecule has 64 heavy (non-hydrogen) atoms. The predicted octanol–water partition coefficient (Wildman–Crippen LogP) is 4.80. The third-order valence-electron chi connectivity index (χ3n) is 10.6. The number of aromatic nitrogens is 1. The molecule has 1 aliphatic heterocycles. The van der Waals surface area contributed by atoms with Gasteiger partial charge >= 0.3 is 24.2 Å². The van der Waals surface area contributed by atoms with E-state index in [1.165, 1.54) is 23.4 Å². The first-order valence-electron chi connectivity index (χ1n) is 20.8. The lowest BCUT2D eigenvalue weighted by Crippen LogP contribution is -2.49. The fourth-order valence-corrected chi connectivity index (χ4v) is 7.11. The van der Waals surface area contributed by atoms with Crippen LogP contribution >= 0.6 is 0 Å². The van der Waals surface area contributed by atoms with Crippen molar-refractivity contribution >= 4 is 52.4 Å². The highest BCUT2D eigenvalue weighted by Crippen LogP contribution is 2.27. The van der Waals surface area contributed by atoms with E-state index in [1.54, 1.807) is 40.7 Å². The van der Waals surface area contributed by atoms with Crippen LogP contribution in [0.1, 0.15) is 62.0 Å². The lowest BCUT2D eigenvalue weighted by atomic mass is 9.85. The van der Waals surface area contributed by atoms with Gasteiger partial charge in [-0.3, -0.25) is 9.59 Å². The van der Waals surface area contributed by atoms with E-state index < -0.39 is 64.4 Å². The molecule has 0 bridgehead atoms. The number of halogens is 1. The summed E-state index contributed by atoms with van der Waals surface area (Å²) in [4.78, 5) is 78.2. The fraction of sp³-hybridized carbons (Fsp3) is 0.378. The van der Waals surface area contributed by atoms with Gasteiger partial charge in [0.05, 0.1) is 17.2 Å². The molecule has 0 saturated carbocycles. The number of ether oxygens (including phenoxy) is 2. The maximum atomic E-state index is 15.4. The number of benzene rings is 3. The number of aromatic carboxylic acids is 1. The molecular weight excluding hydrogens is 830 g/mol. The van der Waals surface area contributed by atoms with Gasteiger partial charge in [0, 0.05) is 68.4 Å². The van der Waals surface area contributed by atoms with E-state index >= 15 is 4.39 Å². The number of anilines is 2. The van der Waals surface area contributed by atoms with Crippen LogP contribution in [0.15, 0.2) is 89.6 Å². The minimum Gasteiger partial charge on any atom is -0.477 e. The number of carbonyl (C=O) groups excluding carboxylic acids is 4. The summed E-state index contributed by atoms with van der Waals surface area (Å²) in [6.07, 6.45) is 2.19. The van der Waals surface area contributed by atoms with Crippen molar-refractivity contribution in [2.24, 2.45) is 16.9 Å². The number of carbonyl (C=O) groups is 5. The molecule has 0 unspecified atom stereocenters. The second-order valence-corrected chi connectivity index (χ2v) is 16.3. The monoisotopic (exact) mass is 885 g/mol. The Balaban J connectivity index is 1.15. The van der Waals surface area contributed by atoms with E-state index in [4.69, 9.17) is 20.9 Å². The van der Waals surface area contributed by atoms with Gasteiger partial charge in [-0.2, -0.15) is 0 Å². The predicted molar refractivity (Wildman–Crippen MR) is 239 cm³/mol. The third kappa shape index (κ3) is 12.9. The lowest BCUT2D eigenvalue weighted by molar-refractivity contribution is -0.118. The Morgan fingerprint density at radius 3 is 2.20 bits per heavy atom. The number of carboxylic acid groups (broad SMARTS) is 1. The Bertz CT molecular complexity index is 2400. The molecule has 5 rings (SSSR count). The van der Waals surface area contributed by atoms with Gasteiger partial charge in [0.1, 0.15) is 30.6 Å². The normalized spacial score (nSPS) is 14.0. The third-order valence-corrected chi connectivity index (χ3v) is 10.6. The summed E-state index contributed by atoms with van der Waals surface area (Å²) >= 11 is 0. The van der Waals surface area contributed by atoms with Gasteiger partial charge in [0.15, 0.2) is 0 Å². The van der Waals surface area contributed by atoms with Crippen LogP contribution in [0.25, 0.3) is 10.9 Å². The lowest BCUT2D eigenvalue weighted by Gasteiger charge is -2.35. The number of rotatable bonds is 17. The largest absolute Gasteiger partial charge is 0.477 e. The van der Waals surface area contributed by atoms with E-state index in [0.29, 0.717) is 29.7 Å².